The number of rotatable bonds is 4. The van der Waals surface area contributed by atoms with Gasteiger partial charge in [-0.3, -0.25) is 9.59 Å². The maximum atomic E-state index is 12.3. The molecule has 0 aromatic heterocycles. The van der Waals surface area contributed by atoms with Crippen LogP contribution in [0.15, 0.2) is 24.3 Å². The highest BCUT2D eigenvalue weighted by Gasteiger charge is 2.34. The van der Waals surface area contributed by atoms with E-state index < -0.39 is 17.9 Å². The van der Waals surface area contributed by atoms with Crippen molar-refractivity contribution in [1.29, 1.82) is 5.26 Å². The van der Waals surface area contributed by atoms with E-state index >= 15 is 0 Å². The van der Waals surface area contributed by atoms with Gasteiger partial charge in [0.05, 0.1) is 18.7 Å². The van der Waals surface area contributed by atoms with Gasteiger partial charge >= 0.3 is 5.97 Å². The summed E-state index contributed by atoms with van der Waals surface area (Å²) in [5, 5.41) is 11.4. The summed E-state index contributed by atoms with van der Waals surface area (Å²) < 4.78 is 4.77. The van der Waals surface area contributed by atoms with Crippen molar-refractivity contribution in [2.75, 3.05) is 7.11 Å². The molecule has 120 valence electrons. The maximum Gasteiger partial charge on any atom is 0.328 e. The van der Waals surface area contributed by atoms with Crippen LogP contribution < -0.4 is 5.32 Å². The van der Waals surface area contributed by atoms with Gasteiger partial charge in [-0.05, 0) is 43.0 Å². The first-order chi connectivity index (χ1) is 11.0. The van der Waals surface area contributed by atoms with Gasteiger partial charge < -0.3 is 10.1 Å². The number of amides is 1. The van der Waals surface area contributed by atoms with Gasteiger partial charge in [-0.2, -0.15) is 5.26 Å². The third-order valence-electron chi connectivity index (χ3n) is 4.01. The van der Waals surface area contributed by atoms with Crippen LogP contribution in [0.4, 0.5) is 0 Å². The molecule has 0 radical (unpaired) electrons. The second kappa shape index (κ2) is 7.54. The van der Waals surface area contributed by atoms with E-state index in [-0.39, 0.29) is 18.1 Å². The summed E-state index contributed by atoms with van der Waals surface area (Å²) in [5.74, 6) is -1.12. The molecule has 1 aliphatic rings. The Balaban J connectivity index is 2.13. The van der Waals surface area contributed by atoms with E-state index in [1.807, 2.05) is 6.07 Å². The quantitative estimate of drug-likeness (QED) is 0.851. The SMILES string of the molecule is COC(=O)[C@@H](NC(=O)c1ccc(C#N)cc1)[C@@H]1CCCC(=O)C1. The molecule has 0 unspecified atom stereocenters. The van der Waals surface area contributed by atoms with Crippen molar-refractivity contribution in [2.45, 2.75) is 31.7 Å². The Morgan fingerprint density at radius 3 is 2.61 bits per heavy atom. The monoisotopic (exact) mass is 314 g/mol. The second-order valence-corrected chi connectivity index (χ2v) is 5.56. The summed E-state index contributed by atoms with van der Waals surface area (Å²) in [6, 6.07) is 7.25. The van der Waals surface area contributed by atoms with E-state index in [1.54, 1.807) is 0 Å². The van der Waals surface area contributed by atoms with E-state index in [0.29, 0.717) is 30.4 Å². The first-order valence-corrected chi connectivity index (χ1v) is 7.45. The molecule has 1 amide bonds. The van der Waals surface area contributed by atoms with Crippen LogP contribution in [0.3, 0.4) is 0 Å². The van der Waals surface area contributed by atoms with Gasteiger partial charge in [0.1, 0.15) is 11.8 Å². The molecule has 1 aromatic carbocycles. The van der Waals surface area contributed by atoms with Crippen LogP contribution in [-0.2, 0) is 14.3 Å². The molecular formula is C17H18N2O4. The van der Waals surface area contributed by atoms with Crippen molar-refractivity contribution in [1.82, 2.24) is 5.32 Å². The van der Waals surface area contributed by atoms with Crippen molar-refractivity contribution >= 4 is 17.7 Å². The van der Waals surface area contributed by atoms with Crippen LogP contribution in [0.1, 0.15) is 41.6 Å². The topological polar surface area (TPSA) is 96.3 Å². The predicted molar refractivity (Wildman–Crippen MR) is 81.4 cm³/mol. The van der Waals surface area contributed by atoms with Crippen molar-refractivity contribution in [3.05, 3.63) is 35.4 Å². The van der Waals surface area contributed by atoms with Gasteiger partial charge in [-0.25, -0.2) is 4.79 Å². The number of hydrogen-bond donors (Lipinski definition) is 1. The van der Waals surface area contributed by atoms with Crippen LogP contribution in [0.25, 0.3) is 0 Å². The number of nitrogens with one attached hydrogen (secondary N) is 1. The van der Waals surface area contributed by atoms with Crippen LogP contribution in [0.2, 0.25) is 0 Å². The smallest absolute Gasteiger partial charge is 0.328 e. The second-order valence-electron chi connectivity index (χ2n) is 5.56. The Bertz CT molecular complexity index is 646. The summed E-state index contributed by atoms with van der Waals surface area (Å²) >= 11 is 0. The first kappa shape index (κ1) is 16.7. The molecule has 1 aromatic rings. The molecule has 0 saturated heterocycles. The van der Waals surface area contributed by atoms with Crippen molar-refractivity contribution in [3.63, 3.8) is 0 Å². The molecule has 1 N–H and O–H groups in total. The zero-order valence-corrected chi connectivity index (χ0v) is 12.9. The van der Waals surface area contributed by atoms with Gasteiger partial charge in [0.2, 0.25) is 0 Å². The molecule has 1 aliphatic carbocycles. The number of Topliss-reactive ketones (excluding diaryl/α,β-unsaturated/α-hetero) is 1. The number of ketones is 1. The van der Waals surface area contributed by atoms with Gasteiger partial charge in [0.15, 0.2) is 0 Å². The zero-order valence-electron chi connectivity index (χ0n) is 12.9. The van der Waals surface area contributed by atoms with E-state index in [1.165, 1.54) is 31.4 Å². The van der Waals surface area contributed by atoms with Crippen LogP contribution in [0, 0.1) is 17.2 Å². The number of ether oxygens (including phenoxy) is 1. The fraction of sp³-hybridized carbons (Fsp3) is 0.412. The summed E-state index contributed by atoms with van der Waals surface area (Å²) in [7, 11) is 1.26. The van der Waals surface area contributed by atoms with Gasteiger partial charge in [0.25, 0.3) is 5.91 Å². The molecule has 23 heavy (non-hydrogen) atoms. The predicted octanol–water partition coefficient (Wildman–Crippen LogP) is 1.59. The fourth-order valence-electron chi connectivity index (χ4n) is 2.76. The van der Waals surface area contributed by atoms with Gasteiger partial charge in [-0.15, -0.1) is 0 Å². The summed E-state index contributed by atoms with van der Waals surface area (Å²) in [5.41, 5.74) is 0.795. The van der Waals surface area contributed by atoms with E-state index in [2.05, 4.69) is 5.32 Å². The normalized spacial score (nSPS) is 18.6. The molecule has 0 bridgehead atoms. The largest absolute Gasteiger partial charge is 0.467 e. The minimum Gasteiger partial charge on any atom is -0.467 e. The third kappa shape index (κ3) is 4.16. The third-order valence-corrected chi connectivity index (χ3v) is 4.01. The van der Waals surface area contributed by atoms with Crippen LogP contribution >= 0.6 is 0 Å². The molecule has 6 heteroatoms. The number of methoxy groups -OCH3 is 1. The Labute approximate surface area is 134 Å². The highest BCUT2D eigenvalue weighted by atomic mass is 16.5. The standard InChI is InChI=1S/C17H18N2O4/c1-23-17(22)15(13-3-2-4-14(20)9-13)19-16(21)12-7-5-11(10-18)6-8-12/h5-8,13,15H,2-4,9H2,1H3,(H,19,21)/t13-,15+/m1/s1. The van der Waals surface area contributed by atoms with E-state index in [9.17, 15) is 14.4 Å². The minimum absolute atomic E-state index is 0.0998. The van der Waals surface area contributed by atoms with Crippen LogP contribution in [0.5, 0.6) is 0 Å². The highest BCUT2D eigenvalue weighted by molar-refractivity contribution is 5.97. The zero-order chi connectivity index (χ0) is 16.8. The minimum atomic E-state index is -0.840. The molecule has 0 spiro atoms. The number of hydrogen-bond acceptors (Lipinski definition) is 5. The van der Waals surface area contributed by atoms with Gasteiger partial charge in [-0.1, -0.05) is 0 Å². The van der Waals surface area contributed by atoms with Crippen molar-refractivity contribution < 1.29 is 19.1 Å². The van der Waals surface area contributed by atoms with Crippen molar-refractivity contribution in [3.8, 4) is 6.07 Å². The molecule has 6 nitrogen and oxygen atoms in total. The fourth-order valence-corrected chi connectivity index (χ4v) is 2.76. The highest BCUT2D eigenvalue weighted by Crippen LogP contribution is 2.25. The number of nitrogens with zero attached hydrogens (tertiary/aromatic N) is 1. The maximum absolute atomic E-state index is 12.3. The number of esters is 1. The molecule has 2 rings (SSSR count). The molecule has 2 atom stereocenters. The first-order valence-electron chi connectivity index (χ1n) is 7.45. The van der Waals surface area contributed by atoms with Crippen LogP contribution in [-0.4, -0.2) is 30.8 Å². The lowest BCUT2D eigenvalue weighted by molar-refractivity contribution is -0.145. The molecular weight excluding hydrogens is 296 g/mol. The average Bonchev–Trinajstić information content (AvgIpc) is 2.58. The molecule has 0 aliphatic heterocycles. The lowest BCUT2D eigenvalue weighted by Crippen LogP contribution is -2.48. The Kier molecular flexibility index (Phi) is 5.47. The Morgan fingerprint density at radius 2 is 2.04 bits per heavy atom. The molecule has 1 fully saturated rings. The summed E-state index contributed by atoms with van der Waals surface area (Å²) in [4.78, 5) is 35.9. The summed E-state index contributed by atoms with van der Waals surface area (Å²) in [6.07, 6.45) is 2.20. The Morgan fingerprint density at radius 1 is 1.35 bits per heavy atom. The lowest BCUT2D eigenvalue weighted by Gasteiger charge is -2.28. The number of benzene rings is 1. The number of carbonyl (C=O) groups is 3. The average molecular weight is 314 g/mol. The molecule has 0 heterocycles. The number of nitriles is 1. The Hall–Kier alpha value is -2.68. The van der Waals surface area contributed by atoms with E-state index in [0.717, 1.165) is 0 Å². The lowest BCUT2D eigenvalue weighted by atomic mass is 9.83. The van der Waals surface area contributed by atoms with Crippen molar-refractivity contribution in [2.24, 2.45) is 5.92 Å². The number of carbonyl (C=O) groups excluding carboxylic acids is 3. The van der Waals surface area contributed by atoms with E-state index in [4.69, 9.17) is 10.00 Å². The summed E-state index contributed by atoms with van der Waals surface area (Å²) in [6.45, 7) is 0. The van der Waals surface area contributed by atoms with Gasteiger partial charge in [0, 0.05) is 18.4 Å². The molecule has 1 saturated carbocycles.